The van der Waals surface area contributed by atoms with Crippen LogP contribution in [0, 0.1) is 20.8 Å². The highest BCUT2D eigenvalue weighted by molar-refractivity contribution is 5.94. The summed E-state index contributed by atoms with van der Waals surface area (Å²) >= 11 is 0. The maximum atomic E-state index is 12.9. The number of aromatic nitrogens is 2. The van der Waals surface area contributed by atoms with Crippen molar-refractivity contribution < 1.29 is 4.79 Å². The standard InChI is InChI=1S/C28H37N5O2/c1-5-31-13-15-32(16-14-31)12-6-11-29-27(34)24-9-7-23(8-10-24)19-33-26-18-21(3)20(2)17-25(26)30-22(4)28(33)35/h7-10,17-18H,5-6,11-16,19H2,1-4H3,(H,29,34). The first kappa shape index (κ1) is 25.1. The van der Waals surface area contributed by atoms with E-state index in [4.69, 9.17) is 0 Å². The molecule has 2 heterocycles. The van der Waals surface area contributed by atoms with Crippen LogP contribution in [-0.4, -0.2) is 71.1 Å². The Labute approximate surface area is 207 Å². The topological polar surface area (TPSA) is 70.5 Å². The van der Waals surface area contributed by atoms with Gasteiger partial charge in [-0.2, -0.15) is 0 Å². The Balaban J connectivity index is 1.35. The summed E-state index contributed by atoms with van der Waals surface area (Å²) in [5.41, 5.74) is 5.97. The average molecular weight is 476 g/mol. The highest BCUT2D eigenvalue weighted by Gasteiger charge is 2.15. The second-order valence-corrected chi connectivity index (χ2v) is 9.60. The lowest BCUT2D eigenvalue weighted by molar-refractivity contribution is 0.0948. The molecule has 0 saturated carbocycles. The third-order valence-electron chi connectivity index (χ3n) is 7.13. The van der Waals surface area contributed by atoms with Crippen molar-refractivity contribution in [1.29, 1.82) is 0 Å². The van der Waals surface area contributed by atoms with Crippen molar-refractivity contribution >= 4 is 16.9 Å². The Bertz CT molecular complexity index is 1240. The van der Waals surface area contributed by atoms with Crippen LogP contribution in [0.1, 0.15) is 46.1 Å². The van der Waals surface area contributed by atoms with E-state index in [1.165, 1.54) is 0 Å². The number of carbonyl (C=O) groups excluding carboxylic acids is 1. The van der Waals surface area contributed by atoms with Gasteiger partial charge in [0.25, 0.3) is 11.5 Å². The van der Waals surface area contributed by atoms with Crippen LogP contribution >= 0.6 is 0 Å². The minimum absolute atomic E-state index is 0.0548. The van der Waals surface area contributed by atoms with E-state index in [9.17, 15) is 9.59 Å². The highest BCUT2D eigenvalue weighted by Crippen LogP contribution is 2.18. The van der Waals surface area contributed by atoms with Gasteiger partial charge >= 0.3 is 0 Å². The van der Waals surface area contributed by atoms with Crippen LogP contribution in [0.4, 0.5) is 0 Å². The number of benzene rings is 2. The zero-order valence-electron chi connectivity index (χ0n) is 21.4. The molecule has 1 fully saturated rings. The second kappa shape index (κ2) is 11.1. The molecule has 7 heteroatoms. The van der Waals surface area contributed by atoms with E-state index >= 15 is 0 Å². The van der Waals surface area contributed by atoms with E-state index in [0.29, 0.717) is 24.3 Å². The number of likely N-dealkylation sites (N-methyl/N-ethyl adjacent to an activating group) is 1. The fourth-order valence-corrected chi connectivity index (χ4v) is 4.66. The molecule has 35 heavy (non-hydrogen) atoms. The van der Waals surface area contributed by atoms with E-state index in [0.717, 1.165) is 73.4 Å². The molecule has 1 aromatic heterocycles. The molecule has 0 aliphatic carbocycles. The zero-order valence-corrected chi connectivity index (χ0v) is 21.4. The molecule has 0 bridgehead atoms. The Hall–Kier alpha value is -3.03. The van der Waals surface area contributed by atoms with Gasteiger partial charge in [0.15, 0.2) is 0 Å². The molecule has 3 aromatic rings. The Morgan fingerprint density at radius 3 is 2.31 bits per heavy atom. The average Bonchev–Trinajstić information content (AvgIpc) is 2.86. The van der Waals surface area contributed by atoms with Crippen LogP contribution in [-0.2, 0) is 6.54 Å². The quantitative estimate of drug-likeness (QED) is 0.507. The number of nitrogens with one attached hydrogen (secondary N) is 1. The van der Waals surface area contributed by atoms with E-state index in [1.807, 2.05) is 43.3 Å². The normalized spacial score (nSPS) is 15.0. The molecule has 4 rings (SSSR count). The SMILES string of the molecule is CCN1CCN(CCCNC(=O)c2ccc(Cn3c(=O)c(C)nc4cc(C)c(C)cc43)cc2)CC1. The number of carbonyl (C=O) groups is 1. The third kappa shape index (κ3) is 5.97. The predicted octanol–water partition coefficient (Wildman–Crippen LogP) is 3.13. The van der Waals surface area contributed by atoms with Gasteiger partial charge < -0.3 is 19.7 Å². The lowest BCUT2D eigenvalue weighted by Crippen LogP contribution is -2.46. The van der Waals surface area contributed by atoms with Crippen LogP contribution in [0.15, 0.2) is 41.2 Å². The van der Waals surface area contributed by atoms with Gasteiger partial charge in [0, 0.05) is 38.3 Å². The molecule has 186 valence electrons. The molecule has 1 aliphatic rings. The molecule has 1 saturated heterocycles. The number of aryl methyl sites for hydroxylation is 3. The van der Waals surface area contributed by atoms with Gasteiger partial charge in [-0.3, -0.25) is 9.59 Å². The summed E-state index contributed by atoms with van der Waals surface area (Å²) in [5.74, 6) is -0.0548. The molecule has 0 atom stereocenters. The van der Waals surface area contributed by atoms with Crippen molar-refractivity contribution in [2.75, 3.05) is 45.8 Å². The number of hydrogen-bond donors (Lipinski definition) is 1. The largest absolute Gasteiger partial charge is 0.352 e. The van der Waals surface area contributed by atoms with E-state index in [-0.39, 0.29) is 11.5 Å². The number of nitrogens with zero attached hydrogens (tertiary/aromatic N) is 4. The number of rotatable bonds is 8. The first-order valence-corrected chi connectivity index (χ1v) is 12.7. The number of piperazine rings is 1. The molecule has 1 aliphatic heterocycles. The molecule has 0 spiro atoms. The van der Waals surface area contributed by atoms with E-state index in [2.05, 4.69) is 33.9 Å². The molecule has 0 unspecified atom stereocenters. The van der Waals surface area contributed by atoms with Crippen LogP contribution < -0.4 is 10.9 Å². The maximum absolute atomic E-state index is 12.9. The van der Waals surface area contributed by atoms with Crippen molar-refractivity contribution in [3.8, 4) is 0 Å². The summed E-state index contributed by atoms with van der Waals surface area (Å²) in [6.07, 6.45) is 0.951. The molecular weight excluding hydrogens is 438 g/mol. The molecule has 1 N–H and O–H groups in total. The Morgan fingerprint density at radius 2 is 1.63 bits per heavy atom. The lowest BCUT2D eigenvalue weighted by Gasteiger charge is -2.33. The van der Waals surface area contributed by atoms with Crippen LogP contribution in [0.5, 0.6) is 0 Å². The van der Waals surface area contributed by atoms with Gasteiger partial charge in [-0.25, -0.2) is 4.98 Å². The van der Waals surface area contributed by atoms with Crippen LogP contribution in [0.3, 0.4) is 0 Å². The fraction of sp³-hybridized carbons (Fsp3) is 0.464. The molecule has 1 amide bonds. The van der Waals surface area contributed by atoms with Gasteiger partial charge in [0.2, 0.25) is 0 Å². The highest BCUT2D eigenvalue weighted by atomic mass is 16.1. The minimum Gasteiger partial charge on any atom is -0.352 e. The maximum Gasteiger partial charge on any atom is 0.272 e. The molecule has 2 aromatic carbocycles. The first-order chi connectivity index (χ1) is 16.9. The Kier molecular flexibility index (Phi) is 7.98. The number of hydrogen-bond acceptors (Lipinski definition) is 5. The van der Waals surface area contributed by atoms with Crippen LogP contribution in [0.25, 0.3) is 11.0 Å². The predicted molar refractivity (Wildman–Crippen MR) is 141 cm³/mol. The van der Waals surface area contributed by atoms with Crippen LogP contribution in [0.2, 0.25) is 0 Å². The number of amides is 1. The van der Waals surface area contributed by atoms with E-state index < -0.39 is 0 Å². The Morgan fingerprint density at radius 1 is 0.971 bits per heavy atom. The van der Waals surface area contributed by atoms with Crippen molar-refractivity contribution in [1.82, 2.24) is 24.7 Å². The summed E-state index contributed by atoms with van der Waals surface area (Å²) in [6, 6.07) is 11.6. The summed E-state index contributed by atoms with van der Waals surface area (Å²) in [4.78, 5) is 34.9. The lowest BCUT2D eigenvalue weighted by atomic mass is 10.1. The first-order valence-electron chi connectivity index (χ1n) is 12.7. The van der Waals surface area contributed by atoms with Gasteiger partial charge in [-0.1, -0.05) is 19.1 Å². The smallest absolute Gasteiger partial charge is 0.272 e. The van der Waals surface area contributed by atoms with Crippen molar-refractivity contribution in [3.05, 3.63) is 74.7 Å². The van der Waals surface area contributed by atoms with Gasteiger partial charge in [0.05, 0.1) is 17.6 Å². The summed E-state index contributed by atoms with van der Waals surface area (Å²) in [7, 11) is 0. The molecule has 7 nitrogen and oxygen atoms in total. The third-order valence-corrected chi connectivity index (χ3v) is 7.13. The minimum atomic E-state index is -0.0846. The van der Waals surface area contributed by atoms with Gasteiger partial charge in [-0.15, -0.1) is 0 Å². The number of fused-ring (bicyclic) bond motifs is 1. The fourth-order valence-electron chi connectivity index (χ4n) is 4.66. The van der Waals surface area contributed by atoms with Gasteiger partial charge in [-0.05, 0) is 81.2 Å². The second-order valence-electron chi connectivity index (χ2n) is 9.60. The van der Waals surface area contributed by atoms with Crippen molar-refractivity contribution in [2.45, 2.75) is 40.7 Å². The van der Waals surface area contributed by atoms with Gasteiger partial charge in [0.1, 0.15) is 5.69 Å². The summed E-state index contributed by atoms with van der Waals surface area (Å²) < 4.78 is 1.78. The van der Waals surface area contributed by atoms with Crippen molar-refractivity contribution in [3.63, 3.8) is 0 Å². The molecular formula is C28H37N5O2. The zero-order chi connectivity index (χ0) is 24.9. The monoisotopic (exact) mass is 475 g/mol. The molecule has 0 radical (unpaired) electrons. The summed E-state index contributed by atoms with van der Waals surface area (Å²) in [6.45, 7) is 15.8. The summed E-state index contributed by atoms with van der Waals surface area (Å²) in [5, 5.41) is 3.04. The van der Waals surface area contributed by atoms with E-state index in [1.54, 1.807) is 11.5 Å². The van der Waals surface area contributed by atoms with Crippen molar-refractivity contribution in [2.24, 2.45) is 0 Å².